The number of aliphatic hydroxyl groups excluding tert-OH is 1. The summed E-state index contributed by atoms with van der Waals surface area (Å²) in [5.74, 6) is -0.210. The van der Waals surface area contributed by atoms with Crippen LogP contribution in [0.25, 0.3) is 0 Å². The average Bonchev–Trinajstić information content (AvgIpc) is 2.56. The first-order chi connectivity index (χ1) is 7.13. The number of aliphatic hydroxyl groups is 1. The Morgan fingerprint density at radius 1 is 1.27 bits per heavy atom. The van der Waals surface area contributed by atoms with Crippen molar-refractivity contribution in [2.45, 2.75) is 44.9 Å². The maximum Gasteiger partial charge on any atom is 0.295 e. The Balaban J connectivity index is 2.08. The number of hydrogen-bond donors (Lipinski definition) is 1. The van der Waals surface area contributed by atoms with Gasteiger partial charge in [0.1, 0.15) is 12.2 Å². The minimum absolute atomic E-state index is 0.210. The monoisotopic (exact) mass is 218 g/mol. The fourth-order valence-electron chi connectivity index (χ4n) is 1.89. The van der Waals surface area contributed by atoms with Gasteiger partial charge in [0.25, 0.3) is 6.47 Å². The van der Waals surface area contributed by atoms with Crippen LogP contribution < -0.4 is 0 Å². The van der Waals surface area contributed by atoms with E-state index in [0.29, 0.717) is 0 Å². The van der Waals surface area contributed by atoms with E-state index in [1.54, 1.807) is 13.8 Å². The molecule has 0 aromatic heterocycles. The normalized spacial score (nSPS) is 49.8. The molecule has 2 fully saturated rings. The van der Waals surface area contributed by atoms with E-state index in [1.165, 1.54) is 0 Å². The third kappa shape index (κ3) is 1.85. The summed E-state index contributed by atoms with van der Waals surface area (Å²) in [5, 5.41) is 9.76. The molecule has 6 atom stereocenters. The second-order valence-electron chi connectivity index (χ2n) is 3.76. The molecule has 0 aromatic rings. The molecule has 1 N–H and O–H groups in total. The van der Waals surface area contributed by atoms with E-state index in [4.69, 9.17) is 14.2 Å². The highest BCUT2D eigenvalue weighted by Crippen LogP contribution is 2.34. The molecule has 3 unspecified atom stereocenters. The highest BCUT2D eigenvalue weighted by atomic mass is 16.8. The third-order valence-electron chi connectivity index (χ3n) is 2.74. The van der Waals surface area contributed by atoms with Gasteiger partial charge in [-0.05, 0) is 6.92 Å². The number of fused-ring (bicyclic) bond motifs is 1. The Hall–Kier alpha value is -0.690. The molecule has 0 amide bonds. The van der Waals surface area contributed by atoms with Crippen molar-refractivity contribution in [3.8, 4) is 0 Å². The molecule has 0 spiro atoms. The maximum absolute atomic E-state index is 10.2. The zero-order valence-electron chi connectivity index (χ0n) is 8.53. The fourth-order valence-corrected chi connectivity index (χ4v) is 1.89. The lowest BCUT2D eigenvalue weighted by molar-refractivity contribution is -0.293. The van der Waals surface area contributed by atoms with Gasteiger partial charge in [0.2, 0.25) is 6.29 Å². The Morgan fingerprint density at radius 3 is 2.67 bits per heavy atom. The van der Waals surface area contributed by atoms with Crippen LogP contribution in [0.5, 0.6) is 0 Å². The van der Waals surface area contributed by atoms with Crippen LogP contribution in [0.1, 0.15) is 13.8 Å². The second-order valence-corrected chi connectivity index (χ2v) is 3.76. The van der Waals surface area contributed by atoms with Gasteiger partial charge in [-0.15, -0.1) is 0 Å². The topological polar surface area (TPSA) is 74.2 Å². The molecule has 0 aliphatic carbocycles. The number of rotatable bonds is 2. The molecule has 2 saturated heterocycles. The van der Waals surface area contributed by atoms with E-state index in [-0.39, 0.29) is 24.8 Å². The van der Waals surface area contributed by atoms with Gasteiger partial charge in [-0.25, -0.2) is 0 Å². The summed E-state index contributed by atoms with van der Waals surface area (Å²) in [7, 11) is 0. The molecule has 2 aliphatic heterocycles. The molecular weight excluding hydrogens is 204 g/mol. The van der Waals surface area contributed by atoms with Gasteiger partial charge in [-0.3, -0.25) is 4.79 Å². The average molecular weight is 218 g/mol. The first-order valence-corrected chi connectivity index (χ1v) is 4.87. The van der Waals surface area contributed by atoms with Gasteiger partial charge in [-0.2, -0.15) is 0 Å². The highest BCUT2D eigenvalue weighted by molar-refractivity contribution is 5.37. The predicted octanol–water partition coefficient (Wildman–Crippen LogP) is -0.400. The Morgan fingerprint density at radius 2 is 2.00 bits per heavy atom. The van der Waals surface area contributed by atoms with Crippen LogP contribution in [-0.4, -0.2) is 42.7 Å². The molecule has 0 radical (unpaired) electrons. The van der Waals surface area contributed by atoms with E-state index in [0.717, 1.165) is 0 Å². The summed E-state index contributed by atoms with van der Waals surface area (Å²) in [4.78, 5) is 10.2. The van der Waals surface area contributed by atoms with Crippen LogP contribution in [0.3, 0.4) is 0 Å². The first-order valence-electron chi connectivity index (χ1n) is 4.87. The quantitative estimate of drug-likeness (QED) is 0.636. The van der Waals surface area contributed by atoms with E-state index in [1.807, 2.05) is 0 Å². The molecule has 15 heavy (non-hydrogen) atoms. The standard InChI is InChI=1S/C9H14O6/c1-4-6(11)8(12-3-10)15-9-7(4)13-5(2)14-9/h3-9,11H,1-2H3/t4-,5?,6-,7?,8?,9-/m0/s1. The second kappa shape index (κ2) is 4.05. The van der Waals surface area contributed by atoms with Gasteiger partial charge in [0.05, 0.1) is 0 Å². The van der Waals surface area contributed by atoms with Crippen LogP contribution in [0.4, 0.5) is 0 Å². The minimum Gasteiger partial charge on any atom is -0.435 e. The maximum atomic E-state index is 10.2. The molecule has 0 saturated carbocycles. The molecule has 6 nitrogen and oxygen atoms in total. The Kier molecular flexibility index (Phi) is 2.92. The van der Waals surface area contributed by atoms with Crippen molar-refractivity contribution in [1.29, 1.82) is 0 Å². The molecule has 6 heteroatoms. The molecule has 2 heterocycles. The Bertz CT molecular complexity index is 243. The van der Waals surface area contributed by atoms with E-state index >= 15 is 0 Å². The number of carbonyl (C=O) groups excluding carboxylic acids is 1. The van der Waals surface area contributed by atoms with Crippen LogP contribution in [0.2, 0.25) is 0 Å². The number of carbonyl (C=O) groups is 1. The smallest absolute Gasteiger partial charge is 0.295 e. The van der Waals surface area contributed by atoms with Crippen molar-refractivity contribution >= 4 is 6.47 Å². The molecule has 2 rings (SSSR count). The summed E-state index contributed by atoms with van der Waals surface area (Å²) >= 11 is 0. The lowest BCUT2D eigenvalue weighted by Gasteiger charge is -2.37. The van der Waals surface area contributed by atoms with Gasteiger partial charge in [-0.1, -0.05) is 6.92 Å². The van der Waals surface area contributed by atoms with E-state index < -0.39 is 18.7 Å². The Labute approximate surface area is 87.1 Å². The fraction of sp³-hybridized carbons (Fsp3) is 0.889. The van der Waals surface area contributed by atoms with Gasteiger partial charge < -0.3 is 24.1 Å². The summed E-state index contributed by atoms with van der Waals surface area (Å²) in [6.07, 6.45) is -3.15. The summed E-state index contributed by atoms with van der Waals surface area (Å²) in [6.45, 7) is 3.80. The third-order valence-corrected chi connectivity index (χ3v) is 2.74. The van der Waals surface area contributed by atoms with Crippen molar-refractivity contribution < 1.29 is 28.8 Å². The van der Waals surface area contributed by atoms with Crippen LogP contribution in [-0.2, 0) is 23.7 Å². The van der Waals surface area contributed by atoms with E-state index in [2.05, 4.69) is 4.74 Å². The van der Waals surface area contributed by atoms with Gasteiger partial charge in [0, 0.05) is 5.92 Å². The molecule has 2 aliphatic rings. The molecular formula is C9H14O6. The van der Waals surface area contributed by atoms with Crippen molar-refractivity contribution in [2.24, 2.45) is 5.92 Å². The lowest BCUT2D eigenvalue weighted by Crippen LogP contribution is -2.52. The highest BCUT2D eigenvalue weighted by Gasteiger charge is 2.49. The molecule has 86 valence electrons. The van der Waals surface area contributed by atoms with Gasteiger partial charge >= 0.3 is 0 Å². The van der Waals surface area contributed by atoms with Crippen molar-refractivity contribution in [2.75, 3.05) is 0 Å². The van der Waals surface area contributed by atoms with Crippen molar-refractivity contribution in [1.82, 2.24) is 0 Å². The van der Waals surface area contributed by atoms with E-state index in [9.17, 15) is 9.90 Å². The summed E-state index contributed by atoms with van der Waals surface area (Å²) in [6, 6.07) is 0. The van der Waals surface area contributed by atoms with Crippen molar-refractivity contribution in [3.63, 3.8) is 0 Å². The lowest BCUT2D eigenvalue weighted by atomic mass is 9.94. The zero-order valence-corrected chi connectivity index (χ0v) is 8.53. The van der Waals surface area contributed by atoms with Gasteiger partial charge in [0.15, 0.2) is 12.6 Å². The minimum atomic E-state index is -0.979. The summed E-state index contributed by atoms with van der Waals surface area (Å²) in [5.41, 5.74) is 0. The molecule has 0 bridgehead atoms. The van der Waals surface area contributed by atoms with Crippen LogP contribution in [0, 0.1) is 5.92 Å². The predicted molar refractivity (Wildman–Crippen MR) is 46.4 cm³/mol. The molecule has 0 aromatic carbocycles. The number of hydrogen-bond acceptors (Lipinski definition) is 6. The zero-order chi connectivity index (χ0) is 11.0. The van der Waals surface area contributed by atoms with Crippen LogP contribution >= 0.6 is 0 Å². The summed E-state index contributed by atoms with van der Waals surface area (Å²) < 4.78 is 20.6. The first kappa shape index (κ1) is 10.8. The number of ether oxygens (including phenoxy) is 4. The SMILES string of the molecule is CC1OC2[C@@H](O1)OC(OC=O)[C@@H](O)[C@@H]2C. The van der Waals surface area contributed by atoms with Crippen LogP contribution in [0.15, 0.2) is 0 Å². The van der Waals surface area contributed by atoms with Crippen molar-refractivity contribution in [3.05, 3.63) is 0 Å². The largest absolute Gasteiger partial charge is 0.435 e.